The maximum Gasteiger partial charge on any atom is 0.0166 e. The van der Waals surface area contributed by atoms with E-state index in [1.54, 1.807) is 0 Å². The van der Waals surface area contributed by atoms with Crippen LogP contribution in [-0.4, -0.2) is 18.6 Å². The van der Waals surface area contributed by atoms with E-state index in [0.717, 1.165) is 6.54 Å². The molecule has 0 spiro atoms. The summed E-state index contributed by atoms with van der Waals surface area (Å²) in [6, 6.07) is 0. The summed E-state index contributed by atoms with van der Waals surface area (Å²) >= 11 is 0. The van der Waals surface area contributed by atoms with Crippen molar-refractivity contribution in [1.29, 1.82) is 0 Å². The van der Waals surface area contributed by atoms with E-state index in [1.807, 2.05) is 0 Å². The van der Waals surface area contributed by atoms with Crippen LogP contribution < -0.4 is 11.1 Å². The largest absolute Gasteiger partial charge is 0.325 e. The highest BCUT2D eigenvalue weighted by atomic mass is 14.9. The van der Waals surface area contributed by atoms with Gasteiger partial charge in [0, 0.05) is 12.1 Å². The van der Waals surface area contributed by atoms with Crippen LogP contribution in [-0.2, 0) is 0 Å². The molecule has 0 heterocycles. The quantitative estimate of drug-likeness (QED) is 0.681. The number of nitrogens with one attached hydrogen (secondary N) is 1. The van der Waals surface area contributed by atoms with Crippen LogP contribution in [0.3, 0.4) is 0 Å². The van der Waals surface area contributed by atoms with E-state index in [2.05, 4.69) is 12.2 Å². The van der Waals surface area contributed by atoms with Gasteiger partial charge in [-0.25, -0.2) is 0 Å². The molecule has 0 radical (unpaired) electrons. The van der Waals surface area contributed by atoms with Gasteiger partial charge in [-0.2, -0.15) is 0 Å². The van der Waals surface area contributed by atoms with Gasteiger partial charge in [-0.05, 0) is 56.9 Å². The van der Waals surface area contributed by atoms with Gasteiger partial charge >= 0.3 is 0 Å². The summed E-state index contributed by atoms with van der Waals surface area (Å²) in [6.07, 6.45) is 12.1. The summed E-state index contributed by atoms with van der Waals surface area (Å²) in [5.74, 6) is 0. The second-order valence-electron chi connectivity index (χ2n) is 6.20. The van der Waals surface area contributed by atoms with Gasteiger partial charge < -0.3 is 11.1 Å². The molecule has 2 aliphatic carbocycles. The van der Waals surface area contributed by atoms with E-state index in [9.17, 15) is 0 Å². The monoisotopic (exact) mass is 224 g/mol. The lowest BCUT2D eigenvalue weighted by atomic mass is 9.75. The van der Waals surface area contributed by atoms with Crippen molar-refractivity contribution in [2.45, 2.75) is 70.3 Å². The third-order valence-corrected chi connectivity index (χ3v) is 5.06. The molecule has 2 nitrogen and oxygen atoms in total. The highest BCUT2D eigenvalue weighted by Crippen LogP contribution is 2.40. The van der Waals surface area contributed by atoms with Crippen molar-refractivity contribution < 1.29 is 0 Å². The summed E-state index contributed by atoms with van der Waals surface area (Å²) < 4.78 is 0. The van der Waals surface area contributed by atoms with Gasteiger partial charge in [0.2, 0.25) is 0 Å². The van der Waals surface area contributed by atoms with Crippen molar-refractivity contribution in [1.82, 2.24) is 5.32 Å². The maximum absolute atomic E-state index is 6.22. The molecule has 0 unspecified atom stereocenters. The molecule has 2 fully saturated rings. The van der Waals surface area contributed by atoms with E-state index in [-0.39, 0.29) is 5.54 Å². The Bertz CT molecular complexity index is 215. The van der Waals surface area contributed by atoms with Crippen molar-refractivity contribution in [2.24, 2.45) is 11.1 Å². The Morgan fingerprint density at radius 3 is 2.25 bits per heavy atom. The summed E-state index contributed by atoms with van der Waals surface area (Å²) in [7, 11) is 0. The number of hydrogen-bond acceptors (Lipinski definition) is 2. The van der Waals surface area contributed by atoms with Crippen LogP contribution in [0.15, 0.2) is 0 Å². The van der Waals surface area contributed by atoms with E-state index in [1.165, 1.54) is 64.3 Å². The van der Waals surface area contributed by atoms with Crippen LogP contribution in [0, 0.1) is 5.41 Å². The van der Waals surface area contributed by atoms with Gasteiger partial charge in [0.25, 0.3) is 0 Å². The molecule has 94 valence electrons. The summed E-state index contributed by atoms with van der Waals surface area (Å²) in [5, 5.41) is 3.66. The van der Waals surface area contributed by atoms with Gasteiger partial charge in [-0.3, -0.25) is 0 Å². The van der Waals surface area contributed by atoms with Crippen LogP contribution >= 0.6 is 0 Å². The van der Waals surface area contributed by atoms with E-state index >= 15 is 0 Å². The zero-order chi connectivity index (χ0) is 11.5. The molecule has 2 rings (SSSR count). The van der Waals surface area contributed by atoms with Crippen molar-refractivity contribution in [2.75, 3.05) is 13.1 Å². The first kappa shape index (κ1) is 12.4. The fourth-order valence-corrected chi connectivity index (χ4v) is 3.35. The molecule has 2 heteroatoms. The Kier molecular flexibility index (Phi) is 3.91. The molecule has 2 aliphatic rings. The van der Waals surface area contributed by atoms with Crippen LogP contribution in [0.25, 0.3) is 0 Å². The molecule has 16 heavy (non-hydrogen) atoms. The highest BCUT2D eigenvalue weighted by Gasteiger charge is 2.33. The first-order valence-electron chi connectivity index (χ1n) is 7.18. The number of hydrogen-bond donors (Lipinski definition) is 2. The Hall–Kier alpha value is -0.0800. The van der Waals surface area contributed by atoms with Crippen molar-refractivity contribution in [3.63, 3.8) is 0 Å². The van der Waals surface area contributed by atoms with Gasteiger partial charge in [-0.1, -0.05) is 19.8 Å². The average Bonchev–Trinajstić information content (AvgIpc) is 2.71. The smallest absolute Gasteiger partial charge is 0.0166 e. The Labute approximate surface area is 100 Å². The molecule has 0 saturated heterocycles. The topological polar surface area (TPSA) is 38.0 Å². The zero-order valence-corrected chi connectivity index (χ0v) is 10.9. The summed E-state index contributed by atoms with van der Waals surface area (Å²) in [4.78, 5) is 0. The maximum atomic E-state index is 6.22. The molecule has 0 amide bonds. The molecule has 0 atom stereocenters. The normalized spacial score (nSPS) is 26.6. The molecule has 0 aromatic rings. The molecule has 0 aromatic heterocycles. The first-order chi connectivity index (χ1) is 7.68. The van der Waals surface area contributed by atoms with Gasteiger partial charge in [0.05, 0.1) is 0 Å². The predicted octanol–water partition coefficient (Wildman–Crippen LogP) is 2.82. The standard InChI is InChI=1S/C14H28N2/c1-2-13(6-3-4-7-13)12-16-11-10-14(15)8-5-9-14/h16H,2-12,15H2,1H3. The predicted molar refractivity (Wildman–Crippen MR) is 69.4 cm³/mol. The SMILES string of the molecule is CCC1(CNCCC2(N)CCC2)CCCC1. The third-order valence-electron chi connectivity index (χ3n) is 5.06. The molecule has 2 saturated carbocycles. The lowest BCUT2D eigenvalue weighted by Gasteiger charge is -2.38. The fraction of sp³-hybridized carbons (Fsp3) is 1.00. The summed E-state index contributed by atoms with van der Waals surface area (Å²) in [5.41, 5.74) is 7.05. The average molecular weight is 224 g/mol. The third kappa shape index (κ3) is 2.78. The highest BCUT2D eigenvalue weighted by molar-refractivity contribution is 4.93. The minimum absolute atomic E-state index is 0.196. The van der Waals surface area contributed by atoms with Crippen molar-refractivity contribution in [3.8, 4) is 0 Å². The second-order valence-corrected chi connectivity index (χ2v) is 6.20. The van der Waals surface area contributed by atoms with Crippen LogP contribution in [0.1, 0.15) is 64.7 Å². The molecule has 0 aliphatic heterocycles. The molecular weight excluding hydrogens is 196 g/mol. The first-order valence-corrected chi connectivity index (χ1v) is 7.18. The Morgan fingerprint density at radius 1 is 1.06 bits per heavy atom. The van der Waals surface area contributed by atoms with Crippen molar-refractivity contribution >= 4 is 0 Å². The van der Waals surface area contributed by atoms with E-state index in [4.69, 9.17) is 5.73 Å². The summed E-state index contributed by atoms with van der Waals surface area (Å²) in [6.45, 7) is 4.70. The zero-order valence-electron chi connectivity index (χ0n) is 10.9. The molecule has 0 bridgehead atoms. The fourth-order valence-electron chi connectivity index (χ4n) is 3.35. The van der Waals surface area contributed by atoms with Gasteiger partial charge in [0.15, 0.2) is 0 Å². The number of rotatable bonds is 6. The van der Waals surface area contributed by atoms with Crippen LogP contribution in [0.5, 0.6) is 0 Å². The minimum atomic E-state index is 0.196. The lowest BCUT2D eigenvalue weighted by molar-refractivity contribution is 0.217. The van der Waals surface area contributed by atoms with Crippen molar-refractivity contribution in [3.05, 3.63) is 0 Å². The van der Waals surface area contributed by atoms with E-state index in [0.29, 0.717) is 5.41 Å². The lowest BCUT2D eigenvalue weighted by Crippen LogP contribution is -2.48. The van der Waals surface area contributed by atoms with Crippen LogP contribution in [0.2, 0.25) is 0 Å². The Balaban J connectivity index is 1.63. The Morgan fingerprint density at radius 2 is 1.75 bits per heavy atom. The number of nitrogens with two attached hydrogens (primary N) is 1. The van der Waals surface area contributed by atoms with E-state index < -0.39 is 0 Å². The molecular formula is C14H28N2. The molecule has 0 aromatic carbocycles. The van der Waals surface area contributed by atoms with Gasteiger partial charge in [-0.15, -0.1) is 0 Å². The second kappa shape index (κ2) is 5.05. The van der Waals surface area contributed by atoms with Crippen LogP contribution in [0.4, 0.5) is 0 Å². The minimum Gasteiger partial charge on any atom is -0.325 e. The molecule has 3 N–H and O–H groups in total. The van der Waals surface area contributed by atoms with Gasteiger partial charge in [0.1, 0.15) is 0 Å².